The van der Waals surface area contributed by atoms with Gasteiger partial charge in [0.2, 0.25) is 0 Å². The Bertz CT molecular complexity index is 329. The van der Waals surface area contributed by atoms with Crippen LogP contribution in [0.1, 0.15) is 19.8 Å². The van der Waals surface area contributed by atoms with Crippen LogP contribution < -0.4 is 10.1 Å². The number of hydrogen-bond acceptors (Lipinski definition) is 3. The van der Waals surface area contributed by atoms with Crippen LogP contribution in [0.15, 0.2) is 30.3 Å². The molecule has 0 bridgehead atoms. The predicted molar refractivity (Wildman–Crippen MR) is 72.9 cm³/mol. The van der Waals surface area contributed by atoms with Crippen LogP contribution in [0.3, 0.4) is 0 Å². The third-order valence-electron chi connectivity index (χ3n) is 3.39. The molecule has 3 heteroatoms. The van der Waals surface area contributed by atoms with Crippen LogP contribution in [0.25, 0.3) is 0 Å². The van der Waals surface area contributed by atoms with Gasteiger partial charge in [0.05, 0.1) is 19.3 Å². The molecule has 1 aliphatic rings. The number of ether oxygens (including phenoxy) is 2. The van der Waals surface area contributed by atoms with Gasteiger partial charge >= 0.3 is 0 Å². The van der Waals surface area contributed by atoms with Crippen molar-refractivity contribution in [2.24, 2.45) is 5.92 Å². The standard InChI is InChI=1S/C15H23NO2/c1-13-8-9-16-12-15(13)18-11-5-10-17-14-6-3-2-4-7-14/h2-4,6-7,13,15-16H,5,8-12H2,1H3. The van der Waals surface area contributed by atoms with E-state index in [0.717, 1.165) is 38.5 Å². The number of piperidine rings is 1. The molecule has 0 aliphatic carbocycles. The van der Waals surface area contributed by atoms with E-state index in [9.17, 15) is 0 Å². The first kappa shape index (κ1) is 13.4. The lowest BCUT2D eigenvalue weighted by Crippen LogP contribution is -2.41. The molecule has 1 saturated heterocycles. The highest BCUT2D eigenvalue weighted by molar-refractivity contribution is 5.20. The molecule has 0 radical (unpaired) electrons. The van der Waals surface area contributed by atoms with Gasteiger partial charge in [0.1, 0.15) is 5.75 Å². The lowest BCUT2D eigenvalue weighted by molar-refractivity contribution is -0.000441. The van der Waals surface area contributed by atoms with Crippen molar-refractivity contribution in [2.45, 2.75) is 25.9 Å². The molecule has 1 heterocycles. The topological polar surface area (TPSA) is 30.5 Å². The highest BCUT2D eigenvalue weighted by Gasteiger charge is 2.20. The van der Waals surface area contributed by atoms with Crippen molar-refractivity contribution < 1.29 is 9.47 Å². The molecular weight excluding hydrogens is 226 g/mol. The third kappa shape index (κ3) is 4.31. The minimum atomic E-state index is 0.371. The maximum absolute atomic E-state index is 5.89. The van der Waals surface area contributed by atoms with E-state index >= 15 is 0 Å². The van der Waals surface area contributed by atoms with E-state index in [2.05, 4.69) is 12.2 Å². The smallest absolute Gasteiger partial charge is 0.119 e. The summed E-state index contributed by atoms with van der Waals surface area (Å²) in [4.78, 5) is 0. The van der Waals surface area contributed by atoms with Crippen LogP contribution in [0, 0.1) is 5.92 Å². The average molecular weight is 249 g/mol. The van der Waals surface area contributed by atoms with E-state index in [0.29, 0.717) is 12.0 Å². The van der Waals surface area contributed by atoms with Crippen molar-refractivity contribution in [3.05, 3.63) is 30.3 Å². The minimum absolute atomic E-state index is 0.371. The Labute approximate surface area is 109 Å². The van der Waals surface area contributed by atoms with Gasteiger partial charge in [0.25, 0.3) is 0 Å². The Morgan fingerprint density at radius 1 is 1.22 bits per heavy atom. The molecule has 1 N–H and O–H groups in total. The van der Waals surface area contributed by atoms with E-state index in [4.69, 9.17) is 9.47 Å². The highest BCUT2D eigenvalue weighted by Crippen LogP contribution is 2.15. The molecule has 1 aromatic carbocycles. The zero-order valence-corrected chi connectivity index (χ0v) is 11.1. The Morgan fingerprint density at radius 3 is 2.83 bits per heavy atom. The summed E-state index contributed by atoms with van der Waals surface area (Å²) in [7, 11) is 0. The first-order chi connectivity index (χ1) is 8.86. The second-order valence-corrected chi connectivity index (χ2v) is 4.89. The van der Waals surface area contributed by atoms with Crippen molar-refractivity contribution in [1.29, 1.82) is 0 Å². The van der Waals surface area contributed by atoms with Gasteiger partial charge in [0, 0.05) is 13.0 Å². The van der Waals surface area contributed by atoms with Crippen LogP contribution in [-0.2, 0) is 4.74 Å². The monoisotopic (exact) mass is 249 g/mol. The van der Waals surface area contributed by atoms with Gasteiger partial charge in [-0.3, -0.25) is 0 Å². The summed E-state index contributed by atoms with van der Waals surface area (Å²) in [5.74, 6) is 1.60. The maximum Gasteiger partial charge on any atom is 0.119 e. The van der Waals surface area contributed by atoms with Gasteiger partial charge in [-0.2, -0.15) is 0 Å². The molecule has 100 valence electrons. The number of nitrogens with one attached hydrogen (secondary N) is 1. The molecule has 1 aliphatic heterocycles. The van der Waals surface area contributed by atoms with Crippen LogP contribution in [0.5, 0.6) is 5.75 Å². The summed E-state index contributed by atoms with van der Waals surface area (Å²) >= 11 is 0. The van der Waals surface area contributed by atoms with Gasteiger partial charge in [0.15, 0.2) is 0 Å². The fourth-order valence-corrected chi connectivity index (χ4v) is 2.18. The molecule has 0 aromatic heterocycles. The second kappa shape index (κ2) is 7.39. The highest BCUT2D eigenvalue weighted by atomic mass is 16.5. The fraction of sp³-hybridized carbons (Fsp3) is 0.600. The molecule has 2 atom stereocenters. The first-order valence-corrected chi connectivity index (χ1v) is 6.86. The number of para-hydroxylation sites is 1. The molecule has 0 saturated carbocycles. The average Bonchev–Trinajstić information content (AvgIpc) is 2.42. The molecule has 1 fully saturated rings. The van der Waals surface area contributed by atoms with E-state index < -0.39 is 0 Å². The molecule has 2 unspecified atom stereocenters. The van der Waals surface area contributed by atoms with Gasteiger partial charge in [-0.25, -0.2) is 0 Å². The van der Waals surface area contributed by atoms with Gasteiger partial charge in [-0.15, -0.1) is 0 Å². The molecular formula is C15H23NO2. The zero-order chi connectivity index (χ0) is 12.6. The molecule has 0 spiro atoms. The first-order valence-electron chi connectivity index (χ1n) is 6.86. The van der Waals surface area contributed by atoms with E-state index in [1.807, 2.05) is 30.3 Å². The number of hydrogen-bond donors (Lipinski definition) is 1. The summed E-state index contributed by atoms with van der Waals surface area (Å²) in [5.41, 5.74) is 0. The molecule has 18 heavy (non-hydrogen) atoms. The zero-order valence-electron chi connectivity index (χ0n) is 11.1. The number of benzene rings is 1. The van der Waals surface area contributed by atoms with Gasteiger partial charge in [-0.05, 0) is 31.0 Å². The van der Waals surface area contributed by atoms with E-state index in [-0.39, 0.29) is 0 Å². The summed E-state index contributed by atoms with van der Waals surface area (Å²) in [6.45, 7) is 5.88. The van der Waals surface area contributed by atoms with Crippen LogP contribution in [0.2, 0.25) is 0 Å². The van der Waals surface area contributed by atoms with Crippen LogP contribution >= 0.6 is 0 Å². The maximum atomic E-state index is 5.89. The molecule has 1 aromatic rings. The third-order valence-corrected chi connectivity index (χ3v) is 3.39. The van der Waals surface area contributed by atoms with Gasteiger partial charge in [-0.1, -0.05) is 25.1 Å². The van der Waals surface area contributed by atoms with Crippen LogP contribution in [0.4, 0.5) is 0 Å². The van der Waals surface area contributed by atoms with E-state index in [1.54, 1.807) is 0 Å². The van der Waals surface area contributed by atoms with Crippen LogP contribution in [-0.4, -0.2) is 32.4 Å². The Hall–Kier alpha value is -1.06. The molecule has 0 amide bonds. The summed E-state index contributed by atoms with van der Waals surface area (Å²) in [6, 6.07) is 9.93. The normalized spacial score (nSPS) is 23.8. The SMILES string of the molecule is CC1CCNCC1OCCCOc1ccccc1. The summed E-state index contributed by atoms with van der Waals surface area (Å²) in [5, 5.41) is 3.38. The van der Waals surface area contributed by atoms with Crippen molar-refractivity contribution >= 4 is 0 Å². The lowest BCUT2D eigenvalue weighted by atomic mass is 9.97. The quantitative estimate of drug-likeness (QED) is 0.786. The summed E-state index contributed by atoms with van der Waals surface area (Å²) < 4.78 is 11.5. The second-order valence-electron chi connectivity index (χ2n) is 4.89. The predicted octanol–water partition coefficient (Wildman–Crippen LogP) is 2.47. The number of rotatable bonds is 6. The molecule has 3 nitrogen and oxygen atoms in total. The van der Waals surface area contributed by atoms with Crippen molar-refractivity contribution in [2.75, 3.05) is 26.3 Å². The fourth-order valence-electron chi connectivity index (χ4n) is 2.18. The van der Waals surface area contributed by atoms with Crippen molar-refractivity contribution in [1.82, 2.24) is 5.32 Å². The Morgan fingerprint density at radius 2 is 2.06 bits per heavy atom. The Kier molecular flexibility index (Phi) is 5.49. The lowest BCUT2D eigenvalue weighted by Gasteiger charge is -2.29. The largest absolute Gasteiger partial charge is 0.494 e. The molecule has 2 rings (SSSR count). The Balaban J connectivity index is 1.56. The van der Waals surface area contributed by atoms with Crippen molar-refractivity contribution in [3.8, 4) is 5.75 Å². The summed E-state index contributed by atoms with van der Waals surface area (Å²) in [6.07, 6.45) is 2.53. The van der Waals surface area contributed by atoms with Gasteiger partial charge < -0.3 is 14.8 Å². The van der Waals surface area contributed by atoms with Crippen molar-refractivity contribution in [3.63, 3.8) is 0 Å². The minimum Gasteiger partial charge on any atom is -0.494 e. The van der Waals surface area contributed by atoms with E-state index in [1.165, 1.54) is 6.42 Å².